The van der Waals surface area contributed by atoms with Crippen LogP contribution in [-0.4, -0.2) is 14.1 Å². The molecule has 1 aliphatic rings. The first-order valence-electron chi connectivity index (χ1n) is 28.1. The molecule has 12 rings (SSSR count). The van der Waals surface area contributed by atoms with Crippen molar-refractivity contribution in [2.75, 3.05) is 0 Å². The average molecular weight is 1020 g/mol. The Hall–Kier alpha value is -7.33. The minimum atomic E-state index is -0.846. The number of hydrogen-bond acceptors (Lipinski definition) is 2. The molecule has 310 valence electrons. The Morgan fingerprint density at radius 3 is 2.03 bits per heavy atom. The summed E-state index contributed by atoms with van der Waals surface area (Å²) >= 11 is 0. The summed E-state index contributed by atoms with van der Waals surface area (Å²) in [6.07, 6.45) is 5.07. The topological polar surface area (TPSA) is 35.9 Å². The summed E-state index contributed by atoms with van der Waals surface area (Å²) < 4.78 is 158. The predicted molar refractivity (Wildman–Crippen MR) is 254 cm³/mol. The second-order valence-electron chi connectivity index (χ2n) is 16.0. The van der Waals surface area contributed by atoms with Gasteiger partial charge in [0.2, 0.25) is 0 Å². The summed E-state index contributed by atoms with van der Waals surface area (Å²) in [4.78, 5) is 4.79. The largest absolute Gasteiger partial charge is 0.510 e. The minimum Gasteiger partial charge on any atom is -0.510 e. The van der Waals surface area contributed by atoms with Crippen LogP contribution in [0, 0.1) is 18.5 Å². The van der Waals surface area contributed by atoms with Gasteiger partial charge in [-0.05, 0) is 84.8 Å². The van der Waals surface area contributed by atoms with Crippen molar-refractivity contribution in [3.8, 4) is 73.2 Å². The number of benzene rings is 8. The van der Waals surface area contributed by atoms with Crippen molar-refractivity contribution in [1.82, 2.24) is 14.1 Å². The molecule has 1 aliphatic heterocycles. The van der Waals surface area contributed by atoms with E-state index >= 15 is 0 Å². The molecule has 5 nitrogen and oxygen atoms in total. The monoisotopic (exact) mass is 1020 g/mol. The number of fused-ring (bicyclic) bond motifs is 10. The van der Waals surface area contributed by atoms with Gasteiger partial charge in [-0.15, -0.1) is 29.7 Å². The average Bonchev–Trinajstić information content (AvgIpc) is 4.21. The van der Waals surface area contributed by atoms with E-state index in [1.807, 2.05) is 41.0 Å². The number of imidazole rings is 1. The molecule has 0 fully saturated rings. The van der Waals surface area contributed by atoms with Crippen LogP contribution in [0.25, 0.3) is 94.5 Å². The maximum absolute atomic E-state index is 9.70. The number of pyridine rings is 1. The Morgan fingerprint density at radius 1 is 0.594 bits per heavy atom. The fraction of sp³-hybridized carbons (Fsp3) is 0.0690. The fourth-order valence-corrected chi connectivity index (χ4v) is 8.37. The molecule has 6 heteroatoms. The third kappa shape index (κ3) is 6.42. The van der Waals surface area contributed by atoms with Gasteiger partial charge in [0.05, 0.1) is 38.7 Å². The smallest absolute Gasteiger partial charge is 0.268 e. The predicted octanol–water partition coefficient (Wildman–Crippen LogP) is 13.9. The van der Waals surface area contributed by atoms with Crippen molar-refractivity contribution in [1.29, 1.82) is 0 Å². The maximum atomic E-state index is 9.70. The minimum absolute atomic E-state index is 0. The van der Waals surface area contributed by atoms with Gasteiger partial charge in [0.25, 0.3) is 6.33 Å². The number of aromatic nitrogens is 4. The van der Waals surface area contributed by atoms with Crippen molar-refractivity contribution in [3.63, 3.8) is 0 Å². The Labute approximate surface area is 409 Å². The van der Waals surface area contributed by atoms with Gasteiger partial charge in [0.15, 0.2) is 0 Å². The van der Waals surface area contributed by atoms with Crippen LogP contribution in [-0.2, 0) is 26.5 Å². The number of ether oxygens (including phenoxy) is 1. The standard InChI is InChI=1S/C58H40N4O.Pt/c1-58(2,3)39-32-33-59-55(34-39)62-52-28-12-11-24-48(52)49-31-30-42(36-54(49)62)63-41-19-13-18-40(35-41)60-37-61-56-43(38-16-5-4-6-17-38)25-14-26-50(56)46-22-9-7-20-44(46)45-21-8-10-23-47(45)51-27-15-29-53(60)57(51)61;/h4-34H,1-3H3;/q-2;/i4D,5D,6D,7D,8D,9D,10D,14D,16D,17D,20D,21D,22D,23D,25D,26D;. The van der Waals surface area contributed by atoms with Crippen molar-refractivity contribution in [2.45, 2.75) is 26.2 Å². The van der Waals surface area contributed by atoms with Crippen LogP contribution in [0.15, 0.2) is 188 Å². The molecule has 0 N–H and O–H groups in total. The number of nitrogens with zero attached hydrogens (tertiary/aromatic N) is 4. The van der Waals surface area contributed by atoms with Gasteiger partial charge >= 0.3 is 0 Å². The molecule has 0 radical (unpaired) electrons. The van der Waals surface area contributed by atoms with Crippen LogP contribution >= 0.6 is 0 Å². The number of rotatable bonds is 5. The molecule has 0 saturated carbocycles. The Morgan fingerprint density at radius 2 is 1.25 bits per heavy atom. The van der Waals surface area contributed by atoms with E-state index in [9.17, 15) is 12.3 Å². The van der Waals surface area contributed by atoms with Crippen molar-refractivity contribution in [3.05, 3.63) is 212 Å². The van der Waals surface area contributed by atoms with E-state index in [4.69, 9.17) is 19.3 Å². The van der Waals surface area contributed by atoms with E-state index in [0.29, 0.717) is 17.1 Å². The molecule has 3 aromatic heterocycles. The summed E-state index contributed by atoms with van der Waals surface area (Å²) in [6.45, 7) is 6.40. The third-order valence-electron chi connectivity index (χ3n) is 11.3. The maximum Gasteiger partial charge on any atom is 0.268 e. The zero-order valence-electron chi connectivity index (χ0n) is 50.2. The summed E-state index contributed by atoms with van der Waals surface area (Å²) in [6, 6.07) is 20.2. The zero-order valence-corrected chi connectivity index (χ0v) is 36.4. The molecule has 0 amide bonds. The molecule has 64 heavy (non-hydrogen) atoms. The van der Waals surface area contributed by atoms with Crippen LogP contribution < -0.4 is 9.30 Å². The van der Waals surface area contributed by atoms with Crippen LogP contribution in [0.5, 0.6) is 11.5 Å². The van der Waals surface area contributed by atoms with Gasteiger partial charge < -0.3 is 13.9 Å². The molecule has 0 saturated heterocycles. The summed E-state index contributed by atoms with van der Waals surface area (Å²) in [5.74, 6) is 1.21. The van der Waals surface area contributed by atoms with E-state index in [-0.39, 0.29) is 71.3 Å². The molecular formula is C58H40N4OPt-2. The van der Waals surface area contributed by atoms with Gasteiger partial charge in [0, 0.05) is 44.3 Å². The van der Waals surface area contributed by atoms with Crippen molar-refractivity contribution >= 4 is 32.8 Å². The first kappa shape index (κ1) is 25.7. The first-order valence-corrected chi connectivity index (χ1v) is 20.1. The van der Waals surface area contributed by atoms with Gasteiger partial charge in [-0.25, -0.2) is 4.98 Å². The Balaban J connectivity index is 0.00000675. The number of para-hydroxylation sites is 3. The number of hydrogen-bond donors (Lipinski definition) is 0. The van der Waals surface area contributed by atoms with E-state index in [1.165, 1.54) is 15.2 Å². The van der Waals surface area contributed by atoms with Crippen molar-refractivity contribution < 1.29 is 52.3 Å². The summed E-state index contributed by atoms with van der Waals surface area (Å²) in [7, 11) is 0. The van der Waals surface area contributed by atoms with Crippen LogP contribution in [0.1, 0.15) is 48.3 Å². The first-order chi connectivity index (χ1) is 37.5. The van der Waals surface area contributed by atoms with E-state index < -0.39 is 124 Å². The molecule has 0 unspecified atom stereocenters. The van der Waals surface area contributed by atoms with Crippen molar-refractivity contribution in [2.24, 2.45) is 0 Å². The zero-order chi connectivity index (χ0) is 56.2. The van der Waals surface area contributed by atoms with Crippen LogP contribution in [0.4, 0.5) is 0 Å². The second kappa shape index (κ2) is 15.5. The summed E-state index contributed by atoms with van der Waals surface area (Å²) in [5, 5.41) is 1.88. The Kier molecular flexibility index (Phi) is 6.22. The fourth-order valence-electron chi connectivity index (χ4n) is 8.37. The molecule has 0 spiro atoms. The molecule has 0 aliphatic carbocycles. The van der Waals surface area contributed by atoms with Gasteiger partial charge in [-0.1, -0.05) is 159 Å². The molecule has 4 heterocycles. The van der Waals surface area contributed by atoms with Gasteiger partial charge in [-0.2, -0.15) is 18.2 Å². The normalized spacial score (nSPS) is 15.4. The molecule has 11 aromatic rings. The quantitative estimate of drug-likeness (QED) is 0.127. The van der Waals surface area contributed by atoms with Crippen LogP contribution in [0.3, 0.4) is 0 Å². The van der Waals surface area contributed by atoms with Gasteiger partial charge in [-0.3, -0.25) is 4.57 Å². The van der Waals surface area contributed by atoms with E-state index in [0.717, 1.165) is 21.9 Å². The third-order valence-corrected chi connectivity index (χ3v) is 11.3. The van der Waals surface area contributed by atoms with Crippen LogP contribution in [0.2, 0.25) is 0 Å². The molecular weight excluding hydrogens is 964 g/mol. The van der Waals surface area contributed by atoms with E-state index in [1.54, 1.807) is 42.6 Å². The molecule has 0 atom stereocenters. The van der Waals surface area contributed by atoms with E-state index in [2.05, 4.69) is 45.3 Å². The SMILES string of the molecule is [2H]c1c([2H])c([2H])c(-c2c([2H])c([2H])c([2H])c3c2-[n+]2[c-]n(-c4[c-]c(Oc5[c-]c6c(cc5)c5ccccc5n6-c5cc(C(C)(C)C)ccn5)ccc4)c4cccc(c42)-c2c([2H])c([2H])c([2H])c([2H])c2-c2c([2H])c([2H])c([2H])c([2H])c2-3)c([2H])c1[2H].[Pt]. The molecule has 0 bridgehead atoms. The Bertz CT molecular complexity index is 4520. The van der Waals surface area contributed by atoms with Gasteiger partial charge in [0.1, 0.15) is 5.82 Å². The second-order valence-corrected chi connectivity index (χ2v) is 16.0. The molecule has 8 aromatic carbocycles. The summed E-state index contributed by atoms with van der Waals surface area (Å²) in [5.41, 5.74) is -0.361.